The van der Waals surface area contributed by atoms with Crippen molar-refractivity contribution in [2.24, 2.45) is 18.4 Å². The van der Waals surface area contributed by atoms with Crippen LogP contribution in [0.2, 0.25) is 0 Å². The van der Waals surface area contributed by atoms with Crippen LogP contribution in [0, 0.1) is 11.3 Å². The number of hydrogen-bond donors (Lipinski definition) is 0. The molecular formula is C19H25N3O2S. The van der Waals surface area contributed by atoms with Crippen molar-refractivity contribution in [1.82, 2.24) is 13.9 Å². The average molecular weight is 359 g/mol. The molecule has 134 valence electrons. The number of benzene rings is 1. The molecule has 3 atom stereocenters. The van der Waals surface area contributed by atoms with Crippen molar-refractivity contribution in [1.29, 1.82) is 0 Å². The zero-order valence-electron chi connectivity index (χ0n) is 15.2. The van der Waals surface area contributed by atoms with E-state index in [1.54, 1.807) is 28.4 Å². The lowest BCUT2D eigenvalue weighted by atomic mass is 9.77. The van der Waals surface area contributed by atoms with Crippen molar-refractivity contribution in [3.63, 3.8) is 0 Å². The molecular weight excluding hydrogens is 334 g/mol. The van der Waals surface area contributed by atoms with Gasteiger partial charge in [-0.15, -0.1) is 0 Å². The van der Waals surface area contributed by atoms with Crippen LogP contribution in [0.15, 0.2) is 41.8 Å². The number of nitrogens with zero attached hydrogens (tertiary/aromatic N) is 3. The van der Waals surface area contributed by atoms with Crippen LogP contribution in [0.25, 0.3) is 0 Å². The fraction of sp³-hybridized carbons (Fsp3) is 0.526. The lowest BCUT2D eigenvalue weighted by Gasteiger charge is -2.37. The van der Waals surface area contributed by atoms with Crippen molar-refractivity contribution in [3.8, 4) is 0 Å². The molecule has 1 aromatic carbocycles. The first kappa shape index (κ1) is 16.8. The SMILES string of the molecule is Cn1cnc(S(=O)(=O)N2CC3c4ccccc4CC3C2C(C)(C)C)c1. The zero-order chi connectivity index (χ0) is 18.0. The van der Waals surface area contributed by atoms with Crippen LogP contribution in [0.1, 0.15) is 37.8 Å². The Labute approximate surface area is 149 Å². The Morgan fingerprint density at radius 1 is 1.20 bits per heavy atom. The third-order valence-electron chi connectivity index (χ3n) is 5.66. The van der Waals surface area contributed by atoms with Gasteiger partial charge in [-0.05, 0) is 28.9 Å². The van der Waals surface area contributed by atoms with E-state index in [0.29, 0.717) is 12.5 Å². The van der Waals surface area contributed by atoms with E-state index in [2.05, 4.69) is 50.0 Å². The molecule has 25 heavy (non-hydrogen) atoms. The standard InChI is InChI=1S/C19H25N3O2S/c1-19(2,3)18-15-9-13-7-5-6-8-14(13)16(15)10-22(18)25(23,24)17-11-21(4)12-20-17/h5-8,11-12,15-16,18H,9-10H2,1-4H3. The van der Waals surface area contributed by atoms with Gasteiger partial charge < -0.3 is 4.57 Å². The largest absolute Gasteiger partial charge is 0.339 e. The third kappa shape index (κ3) is 2.54. The molecule has 4 rings (SSSR count). The van der Waals surface area contributed by atoms with Crippen LogP contribution >= 0.6 is 0 Å². The Hall–Kier alpha value is -1.66. The molecule has 0 saturated carbocycles. The second-order valence-corrected chi connectivity index (χ2v) is 10.3. The van der Waals surface area contributed by atoms with Crippen molar-refractivity contribution >= 4 is 10.0 Å². The van der Waals surface area contributed by atoms with Crippen molar-refractivity contribution in [3.05, 3.63) is 47.9 Å². The lowest BCUT2D eigenvalue weighted by Crippen LogP contribution is -2.46. The highest BCUT2D eigenvalue weighted by molar-refractivity contribution is 7.89. The minimum atomic E-state index is -3.59. The summed E-state index contributed by atoms with van der Waals surface area (Å²) in [4.78, 5) is 4.12. The first-order chi connectivity index (χ1) is 11.7. The monoisotopic (exact) mass is 359 g/mol. The molecule has 1 fully saturated rings. The van der Waals surface area contributed by atoms with E-state index in [9.17, 15) is 8.42 Å². The molecule has 1 saturated heterocycles. The maximum absolute atomic E-state index is 13.3. The van der Waals surface area contributed by atoms with Gasteiger partial charge >= 0.3 is 0 Å². The number of aryl methyl sites for hydroxylation is 1. The van der Waals surface area contributed by atoms with Gasteiger partial charge in [-0.2, -0.15) is 4.31 Å². The number of imidazole rings is 1. The van der Waals surface area contributed by atoms with Crippen LogP contribution in [-0.2, 0) is 23.5 Å². The van der Waals surface area contributed by atoms with Gasteiger partial charge in [0, 0.05) is 31.7 Å². The number of fused-ring (bicyclic) bond motifs is 3. The molecule has 0 amide bonds. The molecule has 2 heterocycles. The highest BCUT2D eigenvalue weighted by Gasteiger charge is 2.54. The van der Waals surface area contributed by atoms with Gasteiger partial charge in [-0.1, -0.05) is 45.0 Å². The maximum Gasteiger partial charge on any atom is 0.262 e. The number of hydrogen-bond acceptors (Lipinski definition) is 3. The van der Waals surface area contributed by atoms with Crippen LogP contribution < -0.4 is 0 Å². The molecule has 1 aliphatic carbocycles. The molecule has 2 aliphatic rings. The molecule has 0 N–H and O–H groups in total. The Bertz CT molecular complexity index is 911. The molecule has 0 bridgehead atoms. The second-order valence-electron chi connectivity index (χ2n) is 8.44. The van der Waals surface area contributed by atoms with E-state index in [1.165, 1.54) is 11.1 Å². The Balaban J connectivity index is 1.79. The summed E-state index contributed by atoms with van der Waals surface area (Å²) in [6, 6.07) is 8.45. The van der Waals surface area contributed by atoms with E-state index in [-0.39, 0.29) is 22.4 Å². The first-order valence-corrected chi connectivity index (χ1v) is 10.2. The highest BCUT2D eigenvalue weighted by Crippen LogP contribution is 2.52. The number of aromatic nitrogens is 2. The van der Waals surface area contributed by atoms with E-state index in [1.807, 2.05) is 0 Å². The van der Waals surface area contributed by atoms with Gasteiger partial charge in [0.05, 0.1) is 6.33 Å². The molecule has 3 unspecified atom stereocenters. The van der Waals surface area contributed by atoms with Crippen LogP contribution in [-0.4, -0.2) is 34.9 Å². The summed E-state index contributed by atoms with van der Waals surface area (Å²) >= 11 is 0. The van der Waals surface area contributed by atoms with Crippen LogP contribution in [0.5, 0.6) is 0 Å². The number of sulfonamides is 1. The molecule has 6 heteroatoms. The predicted molar refractivity (Wildman–Crippen MR) is 96.7 cm³/mol. The molecule has 0 spiro atoms. The summed E-state index contributed by atoms with van der Waals surface area (Å²) in [5, 5.41) is 0.150. The van der Waals surface area contributed by atoms with Crippen LogP contribution in [0.4, 0.5) is 0 Å². The summed E-state index contributed by atoms with van der Waals surface area (Å²) in [7, 11) is -1.80. The van der Waals surface area contributed by atoms with Gasteiger partial charge in [0.25, 0.3) is 10.0 Å². The van der Waals surface area contributed by atoms with Crippen molar-refractivity contribution in [2.45, 2.75) is 44.2 Å². The Morgan fingerprint density at radius 3 is 2.56 bits per heavy atom. The second kappa shape index (κ2) is 5.42. The fourth-order valence-corrected chi connectivity index (χ4v) is 6.61. The van der Waals surface area contributed by atoms with E-state index in [4.69, 9.17) is 0 Å². The molecule has 1 aromatic heterocycles. The van der Waals surface area contributed by atoms with Gasteiger partial charge in [-0.25, -0.2) is 13.4 Å². The smallest absolute Gasteiger partial charge is 0.262 e. The molecule has 5 nitrogen and oxygen atoms in total. The predicted octanol–water partition coefficient (Wildman–Crippen LogP) is 2.80. The lowest BCUT2D eigenvalue weighted by molar-refractivity contribution is 0.174. The maximum atomic E-state index is 13.3. The van der Waals surface area contributed by atoms with E-state index >= 15 is 0 Å². The zero-order valence-corrected chi connectivity index (χ0v) is 16.0. The Kier molecular flexibility index (Phi) is 3.64. The first-order valence-electron chi connectivity index (χ1n) is 8.77. The van der Waals surface area contributed by atoms with E-state index in [0.717, 1.165) is 6.42 Å². The average Bonchev–Trinajstić information content (AvgIpc) is 3.18. The fourth-order valence-electron chi connectivity index (χ4n) is 4.76. The molecule has 1 aliphatic heterocycles. The summed E-state index contributed by atoms with van der Waals surface area (Å²) in [5.41, 5.74) is 2.56. The normalized spacial score (nSPS) is 26.6. The van der Waals surface area contributed by atoms with Gasteiger partial charge in [-0.3, -0.25) is 0 Å². The Morgan fingerprint density at radius 2 is 1.92 bits per heavy atom. The molecule has 0 radical (unpaired) electrons. The third-order valence-corrected chi connectivity index (χ3v) is 7.39. The van der Waals surface area contributed by atoms with Crippen LogP contribution in [0.3, 0.4) is 0 Å². The summed E-state index contributed by atoms with van der Waals surface area (Å²) in [5.74, 6) is 0.606. The quantitative estimate of drug-likeness (QED) is 0.828. The van der Waals surface area contributed by atoms with Gasteiger partial charge in [0.15, 0.2) is 5.03 Å². The summed E-state index contributed by atoms with van der Waals surface area (Å²) < 4.78 is 30.0. The highest BCUT2D eigenvalue weighted by atomic mass is 32.2. The van der Waals surface area contributed by atoms with Gasteiger partial charge in [0.2, 0.25) is 0 Å². The van der Waals surface area contributed by atoms with Crippen molar-refractivity contribution in [2.75, 3.05) is 6.54 Å². The summed E-state index contributed by atoms with van der Waals surface area (Å²) in [6.07, 6.45) is 4.10. The topological polar surface area (TPSA) is 55.2 Å². The minimum absolute atomic E-state index is 0.0306. The minimum Gasteiger partial charge on any atom is -0.339 e. The van der Waals surface area contributed by atoms with Gasteiger partial charge in [0.1, 0.15) is 0 Å². The summed E-state index contributed by atoms with van der Waals surface area (Å²) in [6.45, 7) is 6.97. The van der Waals surface area contributed by atoms with E-state index < -0.39 is 10.0 Å². The van der Waals surface area contributed by atoms with Crippen molar-refractivity contribution < 1.29 is 8.42 Å². The number of rotatable bonds is 2. The molecule has 2 aromatic rings.